The van der Waals surface area contributed by atoms with Crippen molar-refractivity contribution in [2.24, 2.45) is 5.73 Å². The molecule has 0 bridgehead atoms. The van der Waals surface area contributed by atoms with E-state index in [9.17, 15) is 13.2 Å². The van der Waals surface area contributed by atoms with E-state index in [1.165, 1.54) is 18.3 Å². The van der Waals surface area contributed by atoms with Gasteiger partial charge >= 0.3 is 6.18 Å². The number of benzene rings is 1. The van der Waals surface area contributed by atoms with Gasteiger partial charge in [-0.3, -0.25) is 0 Å². The van der Waals surface area contributed by atoms with Crippen LogP contribution in [0.3, 0.4) is 0 Å². The van der Waals surface area contributed by atoms with E-state index in [1.807, 2.05) is 6.07 Å². The number of alkyl halides is 3. The quantitative estimate of drug-likeness (QED) is 0.777. The lowest BCUT2D eigenvalue weighted by molar-refractivity contribution is -0.172. The molecule has 1 atom stereocenters. The Morgan fingerprint density at radius 3 is 2.14 bits per heavy atom. The van der Waals surface area contributed by atoms with Crippen molar-refractivity contribution < 1.29 is 13.2 Å². The molecule has 1 aromatic carbocycles. The number of hydrogen-bond acceptors (Lipinski definition) is 1. The third-order valence-corrected chi connectivity index (χ3v) is 3.34. The zero-order valence-corrected chi connectivity index (χ0v) is 11.7. The van der Waals surface area contributed by atoms with Crippen LogP contribution in [-0.2, 0) is 5.54 Å². The van der Waals surface area contributed by atoms with Crippen molar-refractivity contribution in [3.05, 3.63) is 58.9 Å². The maximum atomic E-state index is 13.3. The smallest absolute Gasteiger partial charge is 0.362 e. The van der Waals surface area contributed by atoms with Crippen LogP contribution in [0.5, 0.6) is 0 Å². The summed E-state index contributed by atoms with van der Waals surface area (Å²) in [7, 11) is 0. The van der Waals surface area contributed by atoms with Gasteiger partial charge in [-0.1, -0.05) is 30.0 Å². The van der Waals surface area contributed by atoms with E-state index in [2.05, 4.69) is 16.8 Å². The zero-order valence-electron chi connectivity index (χ0n) is 11.7. The Labute approximate surface area is 121 Å². The van der Waals surface area contributed by atoms with Crippen molar-refractivity contribution in [2.45, 2.75) is 25.6 Å². The van der Waals surface area contributed by atoms with Crippen LogP contribution in [0, 0.1) is 25.7 Å². The number of nitrogens with one attached hydrogen (secondary N) is 1. The molecule has 3 N–H and O–H groups in total. The molecular weight excluding hydrogens is 277 g/mol. The Balaban J connectivity index is 2.55. The summed E-state index contributed by atoms with van der Waals surface area (Å²) in [5.41, 5.74) is 4.88. The minimum atomic E-state index is -4.68. The predicted molar refractivity (Wildman–Crippen MR) is 75.5 cm³/mol. The molecule has 0 spiro atoms. The number of H-pyrrole nitrogens is 1. The maximum absolute atomic E-state index is 13.3. The highest BCUT2D eigenvalue weighted by molar-refractivity contribution is 5.48. The van der Waals surface area contributed by atoms with Crippen LogP contribution in [0.2, 0.25) is 0 Å². The molecule has 0 unspecified atom stereocenters. The molecule has 1 heterocycles. The predicted octanol–water partition coefficient (Wildman–Crippen LogP) is 3.40. The van der Waals surface area contributed by atoms with Crippen LogP contribution in [0.25, 0.3) is 0 Å². The van der Waals surface area contributed by atoms with Gasteiger partial charge in [-0.2, -0.15) is 13.2 Å². The first-order valence-electron chi connectivity index (χ1n) is 6.34. The van der Waals surface area contributed by atoms with Crippen molar-refractivity contribution >= 4 is 0 Å². The Bertz CT molecular complexity index is 670. The monoisotopic (exact) mass is 292 g/mol. The number of aromatic amines is 1. The summed E-state index contributed by atoms with van der Waals surface area (Å²) in [5.74, 6) is 4.81. The van der Waals surface area contributed by atoms with Crippen molar-refractivity contribution in [1.82, 2.24) is 4.98 Å². The minimum absolute atomic E-state index is 0.172. The molecule has 2 rings (SSSR count). The summed E-state index contributed by atoms with van der Waals surface area (Å²) in [5, 5.41) is 0. The van der Waals surface area contributed by atoms with Crippen LogP contribution in [0.1, 0.15) is 22.4 Å². The lowest BCUT2D eigenvalue weighted by Gasteiger charge is -2.25. The molecule has 5 heteroatoms. The second-order valence-electron chi connectivity index (χ2n) is 4.91. The van der Waals surface area contributed by atoms with E-state index >= 15 is 0 Å². The fraction of sp³-hybridized carbons (Fsp3) is 0.250. The first-order valence-corrected chi connectivity index (χ1v) is 6.34. The van der Waals surface area contributed by atoms with Gasteiger partial charge in [-0.05, 0) is 37.1 Å². The molecular formula is C16H15F3N2. The Morgan fingerprint density at radius 2 is 1.67 bits per heavy atom. The van der Waals surface area contributed by atoms with Gasteiger partial charge in [0, 0.05) is 11.8 Å². The van der Waals surface area contributed by atoms with Gasteiger partial charge in [0.15, 0.2) is 0 Å². The van der Waals surface area contributed by atoms with Gasteiger partial charge in [-0.15, -0.1) is 0 Å². The number of rotatable bonds is 1. The van der Waals surface area contributed by atoms with Crippen LogP contribution >= 0.6 is 0 Å². The number of nitrogens with two attached hydrogens (primary N) is 1. The molecule has 0 amide bonds. The molecule has 0 saturated heterocycles. The average Bonchev–Trinajstić information content (AvgIpc) is 2.90. The lowest BCUT2D eigenvalue weighted by atomic mass is 9.95. The molecule has 2 aromatic rings. The van der Waals surface area contributed by atoms with Crippen LogP contribution < -0.4 is 5.73 Å². The van der Waals surface area contributed by atoms with Crippen molar-refractivity contribution in [3.8, 4) is 11.8 Å². The molecule has 0 aliphatic heterocycles. The fourth-order valence-corrected chi connectivity index (χ4v) is 2.04. The van der Waals surface area contributed by atoms with E-state index in [4.69, 9.17) is 5.73 Å². The van der Waals surface area contributed by atoms with Crippen LogP contribution in [-0.4, -0.2) is 11.2 Å². The topological polar surface area (TPSA) is 41.8 Å². The fourth-order valence-electron chi connectivity index (χ4n) is 2.04. The molecule has 21 heavy (non-hydrogen) atoms. The van der Waals surface area contributed by atoms with E-state index in [0.29, 0.717) is 5.56 Å². The first-order chi connectivity index (χ1) is 9.75. The minimum Gasteiger partial charge on any atom is -0.362 e. The van der Waals surface area contributed by atoms with Gasteiger partial charge < -0.3 is 10.7 Å². The summed E-state index contributed by atoms with van der Waals surface area (Å²) < 4.78 is 40.0. The van der Waals surface area contributed by atoms with Crippen LogP contribution in [0.4, 0.5) is 13.2 Å². The molecule has 0 radical (unpaired) electrons. The zero-order chi connectivity index (χ0) is 15.7. The van der Waals surface area contributed by atoms with Gasteiger partial charge in [0.1, 0.15) is 0 Å². The van der Waals surface area contributed by atoms with Gasteiger partial charge in [0.2, 0.25) is 5.54 Å². The number of hydrogen-bond donors (Lipinski definition) is 2. The van der Waals surface area contributed by atoms with Gasteiger partial charge in [-0.25, -0.2) is 0 Å². The van der Waals surface area contributed by atoms with Crippen LogP contribution in [0.15, 0.2) is 36.5 Å². The molecule has 0 aliphatic carbocycles. The van der Waals surface area contributed by atoms with Gasteiger partial charge in [0.05, 0.1) is 5.69 Å². The summed E-state index contributed by atoms with van der Waals surface area (Å²) in [4.78, 5) is 2.50. The van der Waals surface area contributed by atoms with E-state index < -0.39 is 11.7 Å². The highest BCUT2D eigenvalue weighted by Crippen LogP contribution is 2.35. The summed E-state index contributed by atoms with van der Waals surface area (Å²) in [6.45, 7) is 3.61. The molecule has 110 valence electrons. The van der Waals surface area contributed by atoms with E-state index in [1.54, 1.807) is 26.0 Å². The average molecular weight is 292 g/mol. The van der Waals surface area contributed by atoms with Crippen molar-refractivity contribution in [1.29, 1.82) is 0 Å². The summed E-state index contributed by atoms with van der Waals surface area (Å²) in [6.07, 6.45) is -3.29. The largest absolute Gasteiger partial charge is 0.423 e. The second-order valence-corrected chi connectivity index (χ2v) is 4.91. The third-order valence-electron chi connectivity index (χ3n) is 3.34. The molecule has 0 fully saturated rings. The van der Waals surface area contributed by atoms with E-state index in [-0.39, 0.29) is 5.69 Å². The second kappa shape index (κ2) is 5.30. The van der Waals surface area contributed by atoms with Gasteiger partial charge in [0.25, 0.3) is 0 Å². The summed E-state index contributed by atoms with van der Waals surface area (Å²) in [6, 6.07) is 8.19. The SMILES string of the molecule is Cc1cccc(C)c1C#C[C@@](N)(c1ccc[nH]1)C(F)(F)F. The Hall–Kier alpha value is -2.19. The summed E-state index contributed by atoms with van der Waals surface area (Å²) >= 11 is 0. The Kier molecular flexibility index (Phi) is 3.84. The number of halogens is 3. The maximum Gasteiger partial charge on any atom is 0.423 e. The molecule has 1 aromatic heterocycles. The highest BCUT2D eigenvalue weighted by Gasteiger charge is 2.53. The molecule has 0 aliphatic rings. The number of aryl methyl sites for hydroxylation is 2. The highest BCUT2D eigenvalue weighted by atomic mass is 19.4. The Morgan fingerprint density at radius 1 is 1.05 bits per heavy atom. The molecule has 0 saturated carbocycles. The van der Waals surface area contributed by atoms with Crippen molar-refractivity contribution in [3.63, 3.8) is 0 Å². The molecule has 2 nitrogen and oxygen atoms in total. The number of aromatic nitrogens is 1. The first kappa shape index (κ1) is 15.2. The van der Waals surface area contributed by atoms with E-state index in [0.717, 1.165) is 11.1 Å². The normalized spacial score (nSPS) is 14.2. The third kappa shape index (κ3) is 2.81. The van der Waals surface area contributed by atoms with Crippen molar-refractivity contribution in [2.75, 3.05) is 0 Å². The lowest BCUT2D eigenvalue weighted by Crippen LogP contribution is -2.49. The standard InChI is InChI=1S/C16H15F3N2/c1-11-5-3-6-12(2)13(11)8-9-15(20,16(17,18)19)14-7-4-10-21-14/h3-7,10,21H,20H2,1-2H3/t15-/m1/s1.